The highest BCUT2D eigenvalue weighted by atomic mass is 16.5. The number of hydrogen-bond donors (Lipinski definition) is 1. The van der Waals surface area contributed by atoms with Crippen molar-refractivity contribution in [2.45, 2.75) is 90.9 Å². The van der Waals surface area contributed by atoms with Crippen molar-refractivity contribution in [1.29, 1.82) is 0 Å². The van der Waals surface area contributed by atoms with E-state index in [1.165, 1.54) is 7.11 Å². The molecule has 0 aromatic carbocycles. The normalized spacial score (nSPS) is 24.4. The molecule has 2 aliphatic rings. The van der Waals surface area contributed by atoms with Crippen LogP contribution in [0.4, 0.5) is 0 Å². The Morgan fingerprint density at radius 1 is 1.06 bits per heavy atom. The maximum atomic E-state index is 13.8. The van der Waals surface area contributed by atoms with Crippen molar-refractivity contribution in [2.24, 2.45) is 11.3 Å². The van der Waals surface area contributed by atoms with E-state index >= 15 is 0 Å². The summed E-state index contributed by atoms with van der Waals surface area (Å²) >= 11 is 0. The molecule has 2 saturated heterocycles. The Bertz CT molecular complexity index is 690. The predicted molar refractivity (Wildman–Crippen MR) is 130 cm³/mol. The average molecular weight is 467 g/mol. The van der Waals surface area contributed by atoms with E-state index in [1.807, 2.05) is 34.9 Å². The molecular weight excluding hydrogens is 420 g/mol. The largest absolute Gasteiger partial charge is 0.468 e. The molecule has 0 radical (unpaired) electrons. The molecule has 0 aromatic heterocycles. The van der Waals surface area contributed by atoms with Crippen LogP contribution in [0.5, 0.6) is 0 Å². The zero-order chi connectivity index (χ0) is 24.9. The maximum Gasteiger partial charge on any atom is 0.323 e. The number of rotatable bonds is 8. The van der Waals surface area contributed by atoms with Crippen LogP contribution in [0.25, 0.3) is 0 Å². The van der Waals surface area contributed by atoms with Crippen molar-refractivity contribution in [3.8, 4) is 0 Å². The summed E-state index contributed by atoms with van der Waals surface area (Å²) in [6.07, 6.45) is 4.68. The van der Waals surface area contributed by atoms with Gasteiger partial charge in [-0.15, -0.1) is 0 Å². The van der Waals surface area contributed by atoms with Gasteiger partial charge in [-0.25, -0.2) is 0 Å². The van der Waals surface area contributed by atoms with Crippen LogP contribution < -0.4 is 5.32 Å². The molecule has 0 aromatic rings. The number of nitrogens with one attached hydrogen (secondary N) is 1. The zero-order valence-electron chi connectivity index (χ0n) is 22.0. The van der Waals surface area contributed by atoms with Crippen LogP contribution in [0.1, 0.15) is 66.7 Å². The van der Waals surface area contributed by atoms with Crippen LogP contribution in [-0.4, -0.2) is 97.5 Å². The van der Waals surface area contributed by atoms with Gasteiger partial charge in [0.15, 0.2) is 0 Å². The molecule has 2 fully saturated rings. The summed E-state index contributed by atoms with van der Waals surface area (Å²) in [5.74, 6) is -0.161. The first-order valence-electron chi connectivity index (χ1n) is 12.5. The fraction of sp³-hybridized carbons (Fsp3) is 0.880. The molecule has 4 atom stereocenters. The van der Waals surface area contributed by atoms with Crippen molar-refractivity contribution < 1.29 is 19.1 Å². The van der Waals surface area contributed by atoms with Gasteiger partial charge in [-0.05, 0) is 57.2 Å². The molecule has 190 valence electrons. The Balaban J connectivity index is 2.17. The number of methoxy groups -OCH3 is 1. The number of carbonyl (C=O) groups is 3. The molecule has 0 aliphatic carbocycles. The monoisotopic (exact) mass is 466 g/mol. The van der Waals surface area contributed by atoms with Gasteiger partial charge in [0.1, 0.15) is 12.1 Å². The molecule has 2 aliphatic heterocycles. The van der Waals surface area contributed by atoms with Crippen LogP contribution in [-0.2, 0) is 19.1 Å². The van der Waals surface area contributed by atoms with Gasteiger partial charge in [-0.3, -0.25) is 24.2 Å². The summed E-state index contributed by atoms with van der Waals surface area (Å²) in [5.41, 5.74) is -0.433. The van der Waals surface area contributed by atoms with Gasteiger partial charge in [0.2, 0.25) is 11.8 Å². The standard InChI is InChI=1S/C25H46N4O4/c1-17(2)20(16-29-15-11-13-19(29)24(32)33-8)28(7)23(31)21(25(3,4)5)26-22(30)18-12-9-10-14-27(18)6/h17-21H,9-16H2,1-8H3,(H,26,30)/t18?,19-,20+,21?/m0/s1. The van der Waals surface area contributed by atoms with Crippen molar-refractivity contribution in [2.75, 3.05) is 40.8 Å². The van der Waals surface area contributed by atoms with E-state index in [2.05, 4.69) is 29.0 Å². The molecule has 2 rings (SSSR count). The Kier molecular flexibility index (Phi) is 9.73. The quantitative estimate of drug-likeness (QED) is 0.552. The minimum Gasteiger partial charge on any atom is -0.468 e. The van der Waals surface area contributed by atoms with E-state index in [0.29, 0.717) is 6.54 Å². The lowest BCUT2D eigenvalue weighted by Crippen LogP contribution is -2.61. The summed E-state index contributed by atoms with van der Waals surface area (Å²) < 4.78 is 4.99. The third kappa shape index (κ3) is 6.92. The predicted octanol–water partition coefficient (Wildman–Crippen LogP) is 2.12. The molecule has 33 heavy (non-hydrogen) atoms. The molecule has 2 amide bonds. The zero-order valence-corrected chi connectivity index (χ0v) is 22.0. The van der Waals surface area contributed by atoms with E-state index in [-0.39, 0.29) is 41.8 Å². The van der Waals surface area contributed by atoms with Gasteiger partial charge < -0.3 is 15.0 Å². The van der Waals surface area contributed by atoms with E-state index in [0.717, 1.165) is 45.2 Å². The SMILES string of the molecule is COC(=O)[C@@H]1CCCN1C[C@H](C(C)C)N(C)C(=O)C(NC(=O)C1CCCCN1C)C(C)(C)C. The van der Waals surface area contributed by atoms with Gasteiger partial charge >= 0.3 is 5.97 Å². The fourth-order valence-corrected chi connectivity index (χ4v) is 5.13. The Labute approximate surface area is 200 Å². The molecule has 0 bridgehead atoms. The summed E-state index contributed by atoms with van der Waals surface area (Å²) in [4.78, 5) is 45.2. The fourth-order valence-electron chi connectivity index (χ4n) is 5.13. The number of nitrogens with zero attached hydrogens (tertiary/aromatic N) is 3. The Morgan fingerprint density at radius 3 is 2.24 bits per heavy atom. The van der Waals surface area contributed by atoms with Crippen molar-refractivity contribution in [1.82, 2.24) is 20.0 Å². The molecule has 0 spiro atoms. The summed E-state index contributed by atoms with van der Waals surface area (Å²) in [7, 11) is 5.23. The smallest absolute Gasteiger partial charge is 0.323 e. The topological polar surface area (TPSA) is 82.2 Å². The summed E-state index contributed by atoms with van der Waals surface area (Å²) in [6.45, 7) is 12.5. The second-order valence-electron chi connectivity index (χ2n) is 11.2. The van der Waals surface area contributed by atoms with Crippen LogP contribution in [0.3, 0.4) is 0 Å². The lowest BCUT2D eigenvalue weighted by atomic mass is 9.84. The number of amides is 2. The third-order valence-corrected chi connectivity index (χ3v) is 7.35. The van der Waals surface area contributed by atoms with Gasteiger partial charge in [0.25, 0.3) is 0 Å². The molecule has 8 heteroatoms. The van der Waals surface area contributed by atoms with Crippen LogP contribution in [0.2, 0.25) is 0 Å². The molecule has 0 saturated carbocycles. The number of hydrogen-bond acceptors (Lipinski definition) is 6. The Morgan fingerprint density at radius 2 is 1.70 bits per heavy atom. The number of likely N-dealkylation sites (N-methyl/N-ethyl adjacent to an activating group) is 2. The van der Waals surface area contributed by atoms with Crippen LogP contribution in [0, 0.1) is 11.3 Å². The molecule has 2 heterocycles. The highest BCUT2D eigenvalue weighted by Gasteiger charge is 2.41. The van der Waals surface area contributed by atoms with Crippen LogP contribution in [0.15, 0.2) is 0 Å². The van der Waals surface area contributed by atoms with E-state index < -0.39 is 11.5 Å². The molecule has 8 nitrogen and oxygen atoms in total. The van der Waals surface area contributed by atoms with Crippen LogP contribution >= 0.6 is 0 Å². The number of carbonyl (C=O) groups excluding carboxylic acids is 3. The highest BCUT2D eigenvalue weighted by molar-refractivity contribution is 5.90. The maximum absolute atomic E-state index is 13.8. The third-order valence-electron chi connectivity index (χ3n) is 7.35. The first-order valence-corrected chi connectivity index (χ1v) is 12.5. The van der Waals surface area contributed by atoms with E-state index in [9.17, 15) is 14.4 Å². The number of likely N-dealkylation sites (tertiary alicyclic amines) is 2. The molecule has 1 N–H and O–H groups in total. The lowest BCUT2D eigenvalue weighted by molar-refractivity contribution is -0.147. The average Bonchev–Trinajstić information content (AvgIpc) is 3.21. The number of ether oxygens (including phenoxy) is 1. The second-order valence-corrected chi connectivity index (χ2v) is 11.2. The number of piperidine rings is 1. The molecular formula is C25H46N4O4. The van der Waals surface area contributed by atoms with Crippen molar-refractivity contribution in [3.63, 3.8) is 0 Å². The minimum absolute atomic E-state index is 0.0646. The highest BCUT2D eigenvalue weighted by Crippen LogP contribution is 2.26. The second kappa shape index (κ2) is 11.6. The van der Waals surface area contributed by atoms with Gasteiger partial charge in [-0.2, -0.15) is 0 Å². The summed E-state index contributed by atoms with van der Waals surface area (Å²) in [6, 6.07) is -1.14. The van der Waals surface area contributed by atoms with Crippen molar-refractivity contribution in [3.05, 3.63) is 0 Å². The van der Waals surface area contributed by atoms with Crippen molar-refractivity contribution >= 4 is 17.8 Å². The minimum atomic E-state index is -0.624. The van der Waals surface area contributed by atoms with E-state index in [1.54, 1.807) is 4.90 Å². The first-order chi connectivity index (χ1) is 15.4. The van der Waals surface area contributed by atoms with Gasteiger partial charge in [0, 0.05) is 19.6 Å². The lowest BCUT2D eigenvalue weighted by Gasteiger charge is -2.41. The first kappa shape index (κ1) is 27.6. The van der Waals surface area contributed by atoms with E-state index in [4.69, 9.17) is 4.74 Å². The Hall–Kier alpha value is -1.67. The van der Waals surface area contributed by atoms with Gasteiger partial charge in [-0.1, -0.05) is 41.0 Å². The number of esters is 1. The van der Waals surface area contributed by atoms with Gasteiger partial charge in [0.05, 0.1) is 13.2 Å². The summed E-state index contributed by atoms with van der Waals surface area (Å²) in [5, 5.41) is 3.10. The molecule has 2 unspecified atom stereocenters.